The predicted molar refractivity (Wildman–Crippen MR) is 171 cm³/mol. The Balaban J connectivity index is 0.000000197. The quantitative estimate of drug-likeness (QED) is 0.134. The standard InChI is InChI=1S/C26H22N.C13H10NO.Ir/c1-4-17-9-12-20-21-13-10-19(16-23(21)26(2,3)22(20)15-17)25-14-11-18-7-5-6-8-24(18)27-25;1-10(15)12-7-8-13(14-9-12)11-5-3-2-4-6-11;/h5-9,11-16H,4H2,1-3H3;2-5,7-9H,1H3;/q2*-1;. The van der Waals surface area contributed by atoms with Crippen molar-refractivity contribution >= 4 is 16.7 Å². The van der Waals surface area contributed by atoms with Crippen LogP contribution in [0.1, 0.15) is 54.7 Å². The van der Waals surface area contributed by atoms with E-state index in [1.165, 1.54) is 40.1 Å². The van der Waals surface area contributed by atoms with Gasteiger partial charge in [-0.1, -0.05) is 92.6 Å². The molecule has 7 rings (SSSR count). The molecule has 0 N–H and O–H groups in total. The summed E-state index contributed by atoms with van der Waals surface area (Å²) in [6, 6.07) is 41.7. The van der Waals surface area contributed by atoms with Gasteiger partial charge in [0.25, 0.3) is 0 Å². The van der Waals surface area contributed by atoms with Crippen molar-refractivity contribution in [3.8, 4) is 33.6 Å². The third kappa shape index (κ3) is 5.99. The molecule has 0 unspecified atom stereocenters. The summed E-state index contributed by atoms with van der Waals surface area (Å²) in [5.74, 6) is 0.0334. The molecule has 0 spiro atoms. The summed E-state index contributed by atoms with van der Waals surface area (Å²) in [7, 11) is 0. The number of hydrogen-bond donors (Lipinski definition) is 0. The summed E-state index contributed by atoms with van der Waals surface area (Å²) < 4.78 is 0. The van der Waals surface area contributed by atoms with Crippen LogP contribution in [-0.2, 0) is 31.9 Å². The van der Waals surface area contributed by atoms with Crippen molar-refractivity contribution in [1.29, 1.82) is 0 Å². The Hall–Kier alpha value is -4.24. The monoisotopic (exact) mass is 737 g/mol. The Morgan fingerprint density at radius 3 is 2.28 bits per heavy atom. The fourth-order valence-electron chi connectivity index (χ4n) is 5.62. The Morgan fingerprint density at radius 1 is 0.791 bits per heavy atom. The first-order valence-corrected chi connectivity index (χ1v) is 14.4. The second kappa shape index (κ2) is 12.6. The van der Waals surface area contributed by atoms with Crippen LogP contribution in [0.25, 0.3) is 44.5 Å². The number of Topliss-reactive ketones (excluding diaryl/α,β-unsaturated/α-hetero) is 1. The average molecular weight is 737 g/mol. The number of benzene rings is 4. The van der Waals surface area contributed by atoms with Gasteiger partial charge < -0.3 is 4.98 Å². The van der Waals surface area contributed by atoms with E-state index in [0.717, 1.165) is 34.5 Å². The minimum Gasteiger partial charge on any atom is -0.304 e. The summed E-state index contributed by atoms with van der Waals surface area (Å²) in [5.41, 5.74) is 12.3. The van der Waals surface area contributed by atoms with Gasteiger partial charge in [-0.05, 0) is 52.7 Å². The van der Waals surface area contributed by atoms with Crippen LogP contribution in [0.4, 0.5) is 0 Å². The molecule has 6 aromatic rings. The zero-order chi connectivity index (χ0) is 29.3. The van der Waals surface area contributed by atoms with E-state index in [9.17, 15) is 4.79 Å². The second-order valence-corrected chi connectivity index (χ2v) is 11.2. The molecule has 0 amide bonds. The maximum atomic E-state index is 11.0. The number of carbonyl (C=O) groups excluding carboxylic acids is 1. The van der Waals surface area contributed by atoms with Crippen molar-refractivity contribution in [3.05, 3.63) is 144 Å². The van der Waals surface area contributed by atoms with Crippen molar-refractivity contribution in [2.75, 3.05) is 0 Å². The molecule has 0 saturated carbocycles. The Bertz CT molecular complexity index is 1910. The molecule has 0 aliphatic heterocycles. The minimum absolute atomic E-state index is 0. The maximum Gasteiger partial charge on any atom is 0.161 e. The third-order valence-corrected chi connectivity index (χ3v) is 8.11. The zero-order valence-corrected chi connectivity index (χ0v) is 27.1. The molecule has 4 heteroatoms. The van der Waals surface area contributed by atoms with Crippen LogP contribution >= 0.6 is 0 Å². The number of pyridine rings is 2. The van der Waals surface area contributed by atoms with Crippen LogP contribution < -0.4 is 0 Å². The molecule has 3 nitrogen and oxygen atoms in total. The van der Waals surface area contributed by atoms with Gasteiger partial charge in [-0.25, -0.2) is 0 Å². The number of aryl methyl sites for hydroxylation is 1. The number of para-hydroxylation sites is 1. The predicted octanol–water partition coefficient (Wildman–Crippen LogP) is 9.32. The van der Waals surface area contributed by atoms with Crippen LogP contribution in [0.2, 0.25) is 0 Å². The first-order chi connectivity index (χ1) is 20.3. The second-order valence-electron chi connectivity index (χ2n) is 11.2. The van der Waals surface area contributed by atoms with Crippen molar-refractivity contribution in [2.24, 2.45) is 0 Å². The molecule has 1 aliphatic rings. The summed E-state index contributed by atoms with van der Waals surface area (Å²) in [5, 5.41) is 1.17. The Morgan fingerprint density at radius 2 is 1.56 bits per heavy atom. The SMILES string of the molecule is CC(=O)c1ccc(-c2[c-]cccc2)nc1.CCc1ccc2c(c1)C(C)(C)c1cc(-c3ccc4ccccc4n3)[c-]cc1-2.[Ir]. The van der Waals surface area contributed by atoms with Crippen LogP contribution in [0.3, 0.4) is 0 Å². The smallest absolute Gasteiger partial charge is 0.161 e. The molecule has 0 fully saturated rings. The number of rotatable bonds is 4. The molecule has 1 radical (unpaired) electrons. The van der Waals surface area contributed by atoms with Crippen molar-refractivity contribution in [1.82, 2.24) is 9.97 Å². The summed E-state index contributed by atoms with van der Waals surface area (Å²) >= 11 is 0. The minimum atomic E-state index is -0.00343. The van der Waals surface area contributed by atoms with Gasteiger partial charge in [0.15, 0.2) is 5.78 Å². The normalized spacial score (nSPS) is 12.4. The first kappa shape index (κ1) is 30.2. The number of ketones is 1. The average Bonchev–Trinajstić information content (AvgIpc) is 3.26. The van der Waals surface area contributed by atoms with Gasteiger partial charge in [0, 0.05) is 31.9 Å². The number of carbonyl (C=O) groups is 1. The molecular weight excluding hydrogens is 705 g/mol. The Labute approximate surface area is 267 Å². The van der Waals surface area contributed by atoms with E-state index >= 15 is 0 Å². The topological polar surface area (TPSA) is 42.9 Å². The molecule has 215 valence electrons. The molecule has 43 heavy (non-hydrogen) atoms. The van der Waals surface area contributed by atoms with Crippen LogP contribution in [0, 0.1) is 12.1 Å². The fourth-order valence-corrected chi connectivity index (χ4v) is 5.62. The maximum absolute atomic E-state index is 11.0. The molecule has 2 heterocycles. The van der Waals surface area contributed by atoms with E-state index in [2.05, 4.69) is 98.6 Å². The van der Waals surface area contributed by atoms with Gasteiger partial charge in [-0.3, -0.25) is 9.78 Å². The van der Waals surface area contributed by atoms with E-state index < -0.39 is 0 Å². The number of nitrogens with zero attached hydrogens (tertiary/aromatic N) is 2. The van der Waals surface area contributed by atoms with E-state index in [-0.39, 0.29) is 31.3 Å². The molecule has 0 bridgehead atoms. The molecule has 1 aliphatic carbocycles. The molecule has 0 saturated heterocycles. The van der Waals surface area contributed by atoms with Gasteiger partial charge in [0.2, 0.25) is 0 Å². The van der Waals surface area contributed by atoms with E-state index in [1.54, 1.807) is 12.3 Å². The molecule has 4 aromatic carbocycles. The first-order valence-electron chi connectivity index (χ1n) is 14.4. The van der Waals surface area contributed by atoms with E-state index in [1.807, 2.05) is 36.4 Å². The molecule has 0 atom stereocenters. The van der Waals surface area contributed by atoms with Crippen LogP contribution in [-0.4, -0.2) is 15.8 Å². The summed E-state index contributed by atoms with van der Waals surface area (Å²) in [4.78, 5) is 20.1. The summed E-state index contributed by atoms with van der Waals surface area (Å²) in [6.45, 7) is 8.41. The fraction of sp³-hybridized carbons (Fsp3) is 0.154. The summed E-state index contributed by atoms with van der Waals surface area (Å²) in [6.07, 6.45) is 2.66. The Kier molecular flexibility index (Phi) is 8.82. The van der Waals surface area contributed by atoms with E-state index in [4.69, 9.17) is 4.98 Å². The molecular formula is C39H32IrN2O-2. The third-order valence-electron chi connectivity index (χ3n) is 8.11. The largest absolute Gasteiger partial charge is 0.304 e. The molecule has 2 aromatic heterocycles. The van der Waals surface area contributed by atoms with Gasteiger partial charge >= 0.3 is 0 Å². The van der Waals surface area contributed by atoms with Gasteiger partial charge in [0.05, 0.1) is 5.52 Å². The number of aromatic nitrogens is 2. The van der Waals surface area contributed by atoms with Crippen molar-refractivity contribution in [3.63, 3.8) is 0 Å². The number of fused-ring (bicyclic) bond motifs is 4. The van der Waals surface area contributed by atoms with Crippen LogP contribution in [0.5, 0.6) is 0 Å². The van der Waals surface area contributed by atoms with Crippen molar-refractivity contribution < 1.29 is 24.9 Å². The van der Waals surface area contributed by atoms with Gasteiger partial charge in [-0.15, -0.1) is 65.2 Å². The zero-order valence-electron chi connectivity index (χ0n) is 24.7. The van der Waals surface area contributed by atoms with Crippen molar-refractivity contribution in [2.45, 2.75) is 39.5 Å². The van der Waals surface area contributed by atoms with Gasteiger partial charge in [0.1, 0.15) is 0 Å². The van der Waals surface area contributed by atoms with E-state index in [0.29, 0.717) is 5.56 Å². The number of hydrogen-bond acceptors (Lipinski definition) is 3. The van der Waals surface area contributed by atoms with Crippen LogP contribution in [0.15, 0.2) is 109 Å². The van der Waals surface area contributed by atoms with Gasteiger partial charge in [-0.2, -0.15) is 0 Å².